The van der Waals surface area contributed by atoms with Gasteiger partial charge in [-0.2, -0.15) is 6.07 Å². The van der Waals surface area contributed by atoms with Gasteiger partial charge in [-0.05, 0) is 53.2 Å². The first kappa shape index (κ1) is 28.4. The molecule has 0 aliphatic carbocycles. The number of hydrogen-bond acceptors (Lipinski definition) is 4. The van der Waals surface area contributed by atoms with Gasteiger partial charge in [0.05, 0.1) is 16.7 Å². The van der Waals surface area contributed by atoms with E-state index in [0.717, 1.165) is 60.5 Å². The van der Waals surface area contributed by atoms with Crippen LogP contribution in [0.4, 0.5) is 0 Å². The molecule has 0 atom stereocenters. The van der Waals surface area contributed by atoms with Crippen molar-refractivity contribution in [3.05, 3.63) is 146 Å². The molecule has 0 aliphatic heterocycles. The number of fused-ring (bicyclic) bond motifs is 15. The normalized spacial score (nSPS) is 11.9. The van der Waals surface area contributed by atoms with Crippen molar-refractivity contribution < 1.29 is 25.2 Å². The fraction of sp³-hybridized carbons (Fsp3) is 0. The summed E-state index contributed by atoms with van der Waals surface area (Å²) < 4.78 is 13.6. The average Bonchev–Trinajstić information content (AvgIpc) is 3.82. The summed E-state index contributed by atoms with van der Waals surface area (Å²) >= 11 is 1.83. The van der Waals surface area contributed by atoms with Crippen LogP contribution in [0.15, 0.2) is 134 Å². The Kier molecular flexibility index (Phi) is 6.22. The van der Waals surface area contributed by atoms with Gasteiger partial charge in [0.2, 0.25) is 0 Å². The Hall–Kier alpha value is -5.58. The van der Waals surface area contributed by atoms with Crippen LogP contribution in [0.3, 0.4) is 0 Å². The smallest absolute Gasteiger partial charge is 0.503 e. The van der Waals surface area contributed by atoms with Crippen LogP contribution in [0.2, 0.25) is 0 Å². The zero-order chi connectivity index (χ0) is 31.3. The summed E-state index contributed by atoms with van der Waals surface area (Å²) in [6, 6.07) is 51.3. The minimum Gasteiger partial charge on any atom is -0.503 e. The minimum absolute atomic E-state index is 0. The summed E-state index contributed by atoms with van der Waals surface area (Å²) in [5.41, 5.74) is 6.04. The fourth-order valence-electron chi connectivity index (χ4n) is 7.38. The first-order valence-electron chi connectivity index (χ1n) is 15.8. The van der Waals surface area contributed by atoms with E-state index in [2.05, 4.69) is 117 Å². The van der Waals surface area contributed by atoms with Crippen molar-refractivity contribution in [3.8, 4) is 17.3 Å². The van der Waals surface area contributed by atoms with E-state index >= 15 is 0 Å². The Bertz CT molecular complexity index is 3110. The summed E-state index contributed by atoms with van der Waals surface area (Å²) in [6.45, 7) is 0. The zero-order valence-corrected chi connectivity index (χ0v) is 28.0. The maximum absolute atomic E-state index is 6.55. The van der Waals surface area contributed by atoms with Crippen molar-refractivity contribution in [1.82, 2.24) is 18.9 Å². The van der Waals surface area contributed by atoms with E-state index in [4.69, 9.17) is 9.72 Å². The molecule has 0 unspecified atom stereocenters. The number of thiophene rings is 1. The van der Waals surface area contributed by atoms with E-state index in [1.165, 1.54) is 25.7 Å². The number of para-hydroxylation sites is 3. The summed E-state index contributed by atoms with van der Waals surface area (Å²) in [6.07, 6.45) is 1.82. The number of aromatic nitrogens is 4. The molecule has 5 aromatic heterocycles. The van der Waals surface area contributed by atoms with Gasteiger partial charge in [-0.3, -0.25) is 4.98 Å². The Morgan fingerprint density at radius 3 is 2.20 bits per heavy atom. The summed E-state index contributed by atoms with van der Waals surface area (Å²) in [4.78, 5) is 9.85. The zero-order valence-electron chi connectivity index (χ0n) is 25.6. The predicted octanol–water partition coefficient (Wildman–Crippen LogP) is 11.0. The number of rotatable bonds is 3. The monoisotopic (exact) mass is 736 g/mol. The molecule has 0 radical (unpaired) electrons. The van der Waals surface area contributed by atoms with Gasteiger partial charge >= 0.3 is 20.4 Å². The van der Waals surface area contributed by atoms with Crippen molar-refractivity contribution in [2.75, 3.05) is 0 Å². The number of pyridine rings is 2. The predicted molar refractivity (Wildman–Crippen MR) is 197 cm³/mol. The van der Waals surface area contributed by atoms with Crippen LogP contribution in [0, 0.1) is 12.1 Å². The number of hydrogen-bond donors (Lipinski definition) is 0. The third kappa shape index (κ3) is 4.08. The molecule has 0 aliphatic rings. The molecule has 0 amide bonds. The van der Waals surface area contributed by atoms with E-state index in [9.17, 15) is 0 Å². The second-order valence-corrected chi connectivity index (χ2v) is 13.1. The molecular weight excluding hydrogens is 715 g/mol. The van der Waals surface area contributed by atoms with E-state index < -0.39 is 0 Å². The quantitative estimate of drug-likeness (QED) is 0.103. The average molecular weight is 737 g/mol. The number of nitrogens with zero attached hydrogens (tertiary/aromatic N) is 4. The van der Waals surface area contributed by atoms with Crippen LogP contribution in [0.1, 0.15) is 0 Å². The van der Waals surface area contributed by atoms with Crippen LogP contribution < -0.4 is 4.74 Å². The molecule has 0 bridgehead atoms. The fourth-order valence-corrected chi connectivity index (χ4v) is 8.49. The standard InChI is InChI=1S/C42H22N4OS.Pd/c1-4-12-34-28(9-1)29-19-17-26(24-36(29)45(34)39-15-7-8-22-43-39)47-25-16-18-27-30-20-21-38-40(31-10-2-6-14-37(31)48-38)41(30)46-35-13-5-3-11-33(35)44-42(46)32(27)23-25;/h1-22H;/q-2;+2. The first-order valence-corrected chi connectivity index (χ1v) is 16.7. The molecular formula is C42H22N4OPdS. The van der Waals surface area contributed by atoms with Gasteiger partial charge in [0.25, 0.3) is 0 Å². The van der Waals surface area contributed by atoms with Crippen LogP contribution in [0.25, 0.3) is 86.2 Å². The minimum atomic E-state index is 0. The van der Waals surface area contributed by atoms with Crippen LogP contribution in [-0.4, -0.2) is 18.9 Å². The molecule has 7 heteroatoms. The van der Waals surface area contributed by atoms with E-state index in [1.807, 2.05) is 53.9 Å². The molecule has 0 saturated heterocycles. The van der Waals surface area contributed by atoms with Gasteiger partial charge < -0.3 is 13.7 Å². The van der Waals surface area contributed by atoms with Gasteiger partial charge in [0.15, 0.2) is 0 Å². The first-order chi connectivity index (χ1) is 23.8. The van der Waals surface area contributed by atoms with Crippen LogP contribution >= 0.6 is 11.3 Å². The maximum Gasteiger partial charge on any atom is 2.00 e. The Balaban J connectivity index is 0.00000306. The molecule has 0 N–H and O–H groups in total. The molecule has 11 rings (SSSR count). The molecule has 11 aromatic rings. The van der Waals surface area contributed by atoms with Crippen molar-refractivity contribution in [3.63, 3.8) is 0 Å². The summed E-state index contributed by atoms with van der Waals surface area (Å²) in [7, 11) is 0. The van der Waals surface area contributed by atoms with Crippen molar-refractivity contribution in [1.29, 1.82) is 0 Å². The molecule has 0 fully saturated rings. The number of imidazole rings is 1. The molecule has 0 spiro atoms. The molecule has 5 heterocycles. The number of ether oxygens (including phenoxy) is 1. The maximum atomic E-state index is 6.55. The Morgan fingerprint density at radius 1 is 0.592 bits per heavy atom. The van der Waals surface area contributed by atoms with Crippen LogP contribution in [-0.2, 0) is 20.4 Å². The molecule has 6 aromatic carbocycles. The summed E-state index contributed by atoms with van der Waals surface area (Å²) in [5, 5.41) is 7.93. The van der Waals surface area contributed by atoms with E-state index in [0.29, 0.717) is 11.5 Å². The second kappa shape index (κ2) is 10.7. The van der Waals surface area contributed by atoms with E-state index in [1.54, 1.807) is 0 Å². The van der Waals surface area contributed by atoms with Crippen molar-refractivity contribution in [2.24, 2.45) is 0 Å². The molecule has 5 nitrogen and oxygen atoms in total. The van der Waals surface area contributed by atoms with Crippen molar-refractivity contribution >= 4 is 91.7 Å². The Morgan fingerprint density at radius 2 is 1.33 bits per heavy atom. The van der Waals surface area contributed by atoms with Crippen molar-refractivity contribution in [2.45, 2.75) is 0 Å². The van der Waals surface area contributed by atoms with Gasteiger partial charge in [-0.25, -0.2) is 4.98 Å². The van der Waals surface area contributed by atoms with Crippen LogP contribution in [0.5, 0.6) is 11.5 Å². The third-order valence-corrected chi connectivity index (χ3v) is 10.5. The molecule has 49 heavy (non-hydrogen) atoms. The number of benzene rings is 6. The van der Waals surface area contributed by atoms with Gasteiger partial charge in [0, 0.05) is 48.9 Å². The van der Waals surface area contributed by atoms with Gasteiger partial charge in [0.1, 0.15) is 5.82 Å². The Labute approximate surface area is 297 Å². The SMILES string of the molecule is [Pd+2].[c-]1c(Oc2[c-]c3c(cc2)c2ccccc2n3-c2ccccn2)ccc2c1c1nc3ccccc3n1c1c2ccc2sc3ccccc3c21. The largest absolute Gasteiger partial charge is 2.00 e. The van der Waals surface area contributed by atoms with Gasteiger partial charge in [-0.1, -0.05) is 83.0 Å². The molecule has 0 saturated carbocycles. The second-order valence-electron chi connectivity index (χ2n) is 12.0. The topological polar surface area (TPSA) is 44.3 Å². The molecule has 232 valence electrons. The third-order valence-electron chi connectivity index (χ3n) is 9.39. The van der Waals surface area contributed by atoms with Gasteiger partial charge in [-0.15, -0.1) is 41.0 Å². The summed E-state index contributed by atoms with van der Waals surface area (Å²) in [5.74, 6) is 2.05. The van der Waals surface area contributed by atoms with E-state index in [-0.39, 0.29) is 20.4 Å².